The molecule has 0 aliphatic rings. The average molecular weight is 290 g/mol. The van der Waals surface area contributed by atoms with Gasteiger partial charge in [0.15, 0.2) is 5.78 Å². The first-order valence-electron chi connectivity index (χ1n) is 5.23. The zero-order valence-electron chi connectivity index (χ0n) is 8.88. The summed E-state index contributed by atoms with van der Waals surface area (Å²) in [6.45, 7) is 3.96. The van der Waals surface area contributed by atoms with Gasteiger partial charge in [-0.1, -0.05) is 13.3 Å². The molecule has 0 fully saturated rings. The molecule has 0 aliphatic carbocycles. The fourth-order valence-corrected chi connectivity index (χ4v) is 2.57. The van der Waals surface area contributed by atoms with Crippen molar-refractivity contribution >= 4 is 33.0 Å². The molecule has 0 saturated carbocycles. The summed E-state index contributed by atoms with van der Waals surface area (Å²) in [6.07, 6.45) is 2.97. The lowest BCUT2D eigenvalue weighted by Crippen LogP contribution is -2.19. The maximum Gasteiger partial charge on any atom is 0.174 e. The van der Waals surface area contributed by atoms with E-state index in [9.17, 15) is 4.79 Å². The number of Topliss-reactive ketones (excluding diaryl/α,β-unsaturated/α-hetero) is 1. The van der Waals surface area contributed by atoms with Gasteiger partial charge in [0, 0.05) is 13.0 Å². The van der Waals surface area contributed by atoms with Gasteiger partial charge in [-0.05, 0) is 41.0 Å². The summed E-state index contributed by atoms with van der Waals surface area (Å²) in [5.41, 5.74) is 0. The number of halogens is 1. The van der Waals surface area contributed by atoms with E-state index in [-0.39, 0.29) is 5.78 Å². The molecule has 0 radical (unpaired) electrons. The minimum atomic E-state index is 0.231. The number of carbonyl (C=O) groups is 1. The SMILES string of the molecule is CCCCNCCC(=O)c1ccc(Br)s1. The topological polar surface area (TPSA) is 29.1 Å². The molecule has 2 nitrogen and oxygen atoms in total. The van der Waals surface area contributed by atoms with Crippen molar-refractivity contribution in [3.8, 4) is 0 Å². The summed E-state index contributed by atoms with van der Waals surface area (Å²) in [5.74, 6) is 0.231. The highest BCUT2D eigenvalue weighted by molar-refractivity contribution is 9.11. The average Bonchev–Trinajstić information content (AvgIpc) is 2.64. The maximum absolute atomic E-state index is 11.6. The van der Waals surface area contributed by atoms with Crippen LogP contribution in [0.25, 0.3) is 0 Å². The van der Waals surface area contributed by atoms with E-state index < -0.39 is 0 Å². The Morgan fingerprint density at radius 2 is 2.27 bits per heavy atom. The number of unbranched alkanes of at least 4 members (excludes halogenated alkanes) is 1. The third kappa shape index (κ3) is 4.91. The summed E-state index contributed by atoms with van der Waals surface area (Å²) in [5, 5.41) is 3.27. The number of rotatable bonds is 7. The van der Waals surface area contributed by atoms with Gasteiger partial charge < -0.3 is 5.32 Å². The molecule has 0 aromatic carbocycles. The lowest BCUT2D eigenvalue weighted by molar-refractivity contribution is 0.0986. The molecule has 0 unspecified atom stereocenters. The standard InChI is InChI=1S/C11H16BrNOS/c1-2-3-7-13-8-6-9(14)10-4-5-11(12)15-10/h4-5,13H,2-3,6-8H2,1H3. The highest BCUT2D eigenvalue weighted by Crippen LogP contribution is 2.22. The fraction of sp³-hybridized carbons (Fsp3) is 0.545. The largest absolute Gasteiger partial charge is 0.316 e. The zero-order chi connectivity index (χ0) is 11.1. The molecular formula is C11H16BrNOS. The van der Waals surface area contributed by atoms with Gasteiger partial charge in [-0.25, -0.2) is 0 Å². The van der Waals surface area contributed by atoms with Gasteiger partial charge in [0.05, 0.1) is 8.66 Å². The molecule has 0 saturated heterocycles. The molecular weight excluding hydrogens is 274 g/mol. The highest BCUT2D eigenvalue weighted by atomic mass is 79.9. The molecule has 0 atom stereocenters. The predicted molar refractivity (Wildman–Crippen MR) is 68.7 cm³/mol. The number of nitrogens with one attached hydrogen (secondary N) is 1. The summed E-state index contributed by atoms with van der Waals surface area (Å²) in [4.78, 5) is 12.5. The predicted octanol–water partition coefficient (Wildman–Crippen LogP) is 3.47. The van der Waals surface area contributed by atoms with Crippen LogP contribution in [0, 0.1) is 0 Å². The van der Waals surface area contributed by atoms with Crippen LogP contribution in [0.5, 0.6) is 0 Å². The fourth-order valence-electron chi connectivity index (χ4n) is 1.22. The van der Waals surface area contributed by atoms with Gasteiger partial charge >= 0.3 is 0 Å². The minimum Gasteiger partial charge on any atom is -0.316 e. The van der Waals surface area contributed by atoms with Crippen molar-refractivity contribution in [1.82, 2.24) is 5.32 Å². The number of ketones is 1. The van der Waals surface area contributed by atoms with E-state index in [1.165, 1.54) is 24.2 Å². The van der Waals surface area contributed by atoms with Crippen molar-refractivity contribution in [1.29, 1.82) is 0 Å². The third-order valence-electron chi connectivity index (χ3n) is 2.08. The Bertz CT molecular complexity index is 311. The van der Waals surface area contributed by atoms with E-state index in [4.69, 9.17) is 0 Å². The molecule has 0 amide bonds. The van der Waals surface area contributed by atoms with Gasteiger partial charge in [-0.2, -0.15) is 0 Å². The molecule has 1 N–H and O–H groups in total. The molecule has 4 heteroatoms. The molecule has 1 aromatic heterocycles. The second-order valence-electron chi connectivity index (χ2n) is 3.38. The Kier molecular flexibility index (Phi) is 6.13. The van der Waals surface area contributed by atoms with Crippen molar-refractivity contribution in [3.05, 3.63) is 20.8 Å². The Hall–Kier alpha value is -0.190. The Balaban J connectivity index is 2.19. The quantitative estimate of drug-likeness (QED) is 0.615. The first-order valence-corrected chi connectivity index (χ1v) is 6.84. The van der Waals surface area contributed by atoms with Gasteiger partial charge in [0.1, 0.15) is 0 Å². The van der Waals surface area contributed by atoms with Crippen LogP contribution in [0.2, 0.25) is 0 Å². The molecule has 0 bridgehead atoms. The van der Waals surface area contributed by atoms with Crippen LogP contribution in [0.1, 0.15) is 35.9 Å². The van der Waals surface area contributed by atoms with Gasteiger partial charge in [0.25, 0.3) is 0 Å². The van der Waals surface area contributed by atoms with Crippen LogP contribution < -0.4 is 5.32 Å². The molecule has 15 heavy (non-hydrogen) atoms. The number of hydrogen-bond acceptors (Lipinski definition) is 3. The second-order valence-corrected chi connectivity index (χ2v) is 5.84. The normalized spacial score (nSPS) is 10.5. The van der Waals surface area contributed by atoms with Crippen LogP contribution >= 0.6 is 27.3 Å². The Morgan fingerprint density at radius 3 is 2.87 bits per heavy atom. The van der Waals surface area contributed by atoms with Crippen LogP contribution in [-0.4, -0.2) is 18.9 Å². The van der Waals surface area contributed by atoms with Crippen LogP contribution in [-0.2, 0) is 0 Å². The lowest BCUT2D eigenvalue weighted by Gasteiger charge is -2.01. The van der Waals surface area contributed by atoms with Crippen LogP contribution in [0.3, 0.4) is 0 Å². The van der Waals surface area contributed by atoms with Crippen molar-refractivity contribution in [2.75, 3.05) is 13.1 Å². The van der Waals surface area contributed by atoms with Crippen LogP contribution in [0.15, 0.2) is 15.9 Å². The number of thiophene rings is 1. The Morgan fingerprint density at radius 1 is 1.47 bits per heavy atom. The van der Waals surface area contributed by atoms with Crippen molar-refractivity contribution in [3.63, 3.8) is 0 Å². The first kappa shape index (κ1) is 12.9. The summed E-state index contributed by atoms with van der Waals surface area (Å²) in [7, 11) is 0. The number of hydrogen-bond donors (Lipinski definition) is 1. The monoisotopic (exact) mass is 289 g/mol. The lowest BCUT2D eigenvalue weighted by atomic mass is 10.2. The van der Waals surface area contributed by atoms with E-state index in [1.54, 1.807) is 0 Å². The minimum absolute atomic E-state index is 0.231. The molecule has 1 heterocycles. The van der Waals surface area contributed by atoms with Gasteiger partial charge in [-0.15, -0.1) is 11.3 Å². The summed E-state index contributed by atoms with van der Waals surface area (Å²) in [6, 6.07) is 3.80. The van der Waals surface area contributed by atoms with Crippen LogP contribution in [0.4, 0.5) is 0 Å². The molecule has 0 aliphatic heterocycles. The van der Waals surface area contributed by atoms with Crippen molar-refractivity contribution < 1.29 is 4.79 Å². The molecule has 1 rings (SSSR count). The molecule has 84 valence electrons. The van der Waals surface area contributed by atoms with E-state index >= 15 is 0 Å². The zero-order valence-corrected chi connectivity index (χ0v) is 11.3. The summed E-state index contributed by atoms with van der Waals surface area (Å²) >= 11 is 4.86. The Labute approximate surface area is 103 Å². The maximum atomic E-state index is 11.6. The molecule has 0 spiro atoms. The van der Waals surface area contributed by atoms with Crippen molar-refractivity contribution in [2.24, 2.45) is 0 Å². The van der Waals surface area contributed by atoms with E-state index in [1.807, 2.05) is 12.1 Å². The molecule has 1 aromatic rings. The highest BCUT2D eigenvalue weighted by Gasteiger charge is 2.07. The van der Waals surface area contributed by atoms with E-state index in [0.29, 0.717) is 6.42 Å². The third-order valence-corrected chi connectivity index (χ3v) is 3.75. The number of carbonyl (C=O) groups excluding carboxylic acids is 1. The van der Waals surface area contributed by atoms with Crippen molar-refractivity contribution in [2.45, 2.75) is 26.2 Å². The smallest absolute Gasteiger partial charge is 0.174 e. The van der Waals surface area contributed by atoms with E-state index in [2.05, 4.69) is 28.2 Å². The van der Waals surface area contributed by atoms with Gasteiger partial charge in [-0.3, -0.25) is 4.79 Å². The van der Waals surface area contributed by atoms with Gasteiger partial charge in [0.2, 0.25) is 0 Å². The van der Waals surface area contributed by atoms with E-state index in [0.717, 1.165) is 21.8 Å². The second kappa shape index (κ2) is 7.14. The summed E-state index contributed by atoms with van der Waals surface area (Å²) < 4.78 is 1.02. The first-order chi connectivity index (χ1) is 7.24.